The Morgan fingerprint density at radius 1 is 1.45 bits per heavy atom. The second-order valence-electron chi connectivity index (χ2n) is 5.18. The van der Waals surface area contributed by atoms with Crippen LogP contribution in [0.5, 0.6) is 0 Å². The van der Waals surface area contributed by atoms with E-state index in [2.05, 4.69) is 15.2 Å². The molecule has 0 radical (unpaired) electrons. The van der Waals surface area contributed by atoms with E-state index >= 15 is 0 Å². The number of carbonyl (C=O) groups is 1. The Morgan fingerprint density at radius 3 is 3.05 bits per heavy atom. The second kappa shape index (κ2) is 7.37. The molecule has 0 aromatic carbocycles. The molecule has 2 aromatic rings. The summed E-state index contributed by atoms with van der Waals surface area (Å²) in [6.45, 7) is 5.24. The summed E-state index contributed by atoms with van der Waals surface area (Å²) in [6.07, 6.45) is 2.59. The maximum Gasteiger partial charge on any atom is 0.261 e. The third kappa shape index (κ3) is 3.76. The average Bonchev–Trinajstić information content (AvgIpc) is 2.98. The number of pyridine rings is 1. The largest absolute Gasteiger partial charge is 0.379 e. The summed E-state index contributed by atoms with van der Waals surface area (Å²) in [7, 11) is 0. The molecule has 3 heterocycles. The monoisotopic (exact) mass is 339 g/mol. The fraction of sp³-hybridized carbons (Fsp3) is 0.467. The first-order chi connectivity index (χ1) is 10.7. The van der Waals surface area contributed by atoms with Crippen LogP contribution in [-0.4, -0.2) is 55.2 Å². The fourth-order valence-corrected chi connectivity index (χ4v) is 3.64. The molecule has 0 atom stereocenters. The van der Waals surface area contributed by atoms with E-state index in [1.807, 2.05) is 0 Å². The second-order valence-corrected chi connectivity index (χ2v) is 6.64. The van der Waals surface area contributed by atoms with Gasteiger partial charge in [0.1, 0.15) is 0 Å². The summed E-state index contributed by atoms with van der Waals surface area (Å²) in [4.78, 5) is 19.4. The molecule has 0 saturated carbocycles. The van der Waals surface area contributed by atoms with Gasteiger partial charge in [-0.25, -0.2) is 0 Å². The van der Waals surface area contributed by atoms with Gasteiger partial charge in [-0.15, -0.1) is 11.3 Å². The first kappa shape index (κ1) is 15.7. The van der Waals surface area contributed by atoms with Gasteiger partial charge >= 0.3 is 0 Å². The van der Waals surface area contributed by atoms with Gasteiger partial charge in [0.2, 0.25) is 0 Å². The van der Waals surface area contributed by atoms with E-state index in [1.165, 1.54) is 11.3 Å². The zero-order valence-electron chi connectivity index (χ0n) is 12.2. The number of thiophene rings is 1. The highest BCUT2D eigenvalue weighted by molar-refractivity contribution is 7.21. The summed E-state index contributed by atoms with van der Waals surface area (Å²) in [5.74, 6) is -0.0546. The number of ether oxygens (including phenoxy) is 1. The van der Waals surface area contributed by atoms with Gasteiger partial charge in [-0.2, -0.15) is 0 Å². The van der Waals surface area contributed by atoms with Gasteiger partial charge in [-0.1, -0.05) is 11.6 Å². The van der Waals surface area contributed by atoms with Crippen LogP contribution in [-0.2, 0) is 4.74 Å². The van der Waals surface area contributed by atoms with Crippen molar-refractivity contribution < 1.29 is 9.53 Å². The zero-order valence-corrected chi connectivity index (χ0v) is 13.8. The van der Waals surface area contributed by atoms with E-state index in [9.17, 15) is 4.79 Å². The lowest BCUT2D eigenvalue weighted by Crippen LogP contribution is -2.38. The molecule has 1 aliphatic rings. The maximum absolute atomic E-state index is 12.2. The number of carbonyl (C=O) groups excluding carboxylic acids is 1. The van der Waals surface area contributed by atoms with Gasteiger partial charge in [0.05, 0.1) is 33.3 Å². The minimum absolute atomic E-state index is 0.0546. The quantitative estimate of drug-likeness (QED) is 0.850. The first-order valence-electron chi connectivity index (χ1n) is 7.36. The lowest BCUT2D eigenvalue weighted by Gasteiger charge is -2.26. The van der Waals surface area contributed by atoms with Crippen molar-refractivity contribution in [2.45, 2.75) is 6.42 Å². The van der Waals surface area contributed by atoms with Gasteiger partial charge < -0.3 is 10.1 Å². The summed E-state index contributed by atoms with van der Waals surface area (Å²) < 4.78 is 6.18. The van der Waals surface area contributed by atoms with Crippen molar-refractivity contribution in [3.63, 3.8) is 0 Å². The smallest absolute Gasteiger partial charge is 0.261 e. The highest BCUT2D eigenvalue weighted by Crippen LogP contribution is 2.30. The predicted molar refractivity (Wildman–Crippen MR) is 88.8 cm³/mol. The highest BCUT2D eigenvalue weighted by atomic mass is 35.5. The topological polar surface area (TPSA) is 54.5 Å². The van der Waals surface area contributed by atoms with Crippen molar-refractivity contribution in [3.8, 4) is 0 Å². The van der Waals surface area contributed by atoms with Gasteiger partial charge in [-0.3, -0.25) is 14.7 Å². The molecule has 1 aliphatic heterocycles. The molecule has 22 heavy (non-hydrogen) atoms. The van der Waals surface area contributed by atoms with Crippen LogP contribution in [0, 0.1) is 0 Å². The normalized spacial score (nSPS) is 16.0. The van der Waals surface area contributed by atoms with Crippen LogP contribution in [0.15, 0.2) is 18.3 Å². The van der Waals surface area contributed by atoms with Crippen molar-refractivity contribution >= 4 is 39.1 Å². The molecule has 1 N–H and O–H groups in total. The number of nitrogens with one attached hydrogen (secondary N) is 1. The summed E-state index contributed by atoms with van der Waals surface area (Å²) in [5, 5.41) is 3.60. The molecule has 5 nitrogen and oxygen atoms in total. The molecule has 118 valence electrons. The minimum atomic E-state index is -0.0546. The average molecular weight is 340 g/mol. The number of hydrogen-bond acceptors (Lipinski definition) is 5. The number of nitrogens with zero attached hydrogens (tertiary/aromatic N) is 2. The van der Waals surface area contributed by atoms with E-state index in [1.54, 1.807) is 18.3 Å². The van der Waals surface area contributed by atoms with Gasteiger partial charge in [-0.05, 0) is 25.1 Å². The fourth-order valence-electron chi connectivity index (χ4n) is 2.44. The molecule has 3 rings (SSSR count). The van der Waals surface area contributed by atoms with Crippen LogP contribution < -0.4 is 5.32 Å². The molecular weight excluding hydrogens is 322 g/mol. The SMILES string of the molecule is O=C(NCCCN1CCOCC1)c1cc2nccc(Cl)c2s1. The van der Waals surface area contributed by atoms with Crippen molar-refractivity contribution in [2.24, 2.45) is 0 Å². The summed E-state index contributed by atoms with van der Waals surface area (Å²) >= 11 is 7.50. The number of rotatable bonds is 5. The third-order valence-corrected chi connectivity index (χ3v) is 5.21. The number of morpholine rings is 1. The molecule has 0 bridgehead atoms. The van der Waals surface area contributed by atoms with Crippen molar-refractivity contribution in [1.82, 2.24) is 15.2 Å². The molecule has 1 amide bonds. The Morgan fingerprint density at radius 2 is 2.27 bits per heavy atom. The molecule has 0 aliphatic carbocycles. The third-order valence-electron chi connectivity index (χ3n) is 3.63. The van der Waals surface area contributed by atoms with Crippen molar-refractivity contribution in [2.75, 3.05) is 39.4 Å². The minimum Gasteiger partial charge on any atom is -0.379 e. The number of amides is 1. The van der Waals surface area contributed by atoms with Crippen LogP contribution in [0.25, 0.3) is 10.2 Å². The van der Waals surface area contributed by atoms with E-state index in [0.29, 0.717) is 16.4 Å². The molecular formula is C15H18ClN3O2S. The Bertz CT molecular complexity index is 655. The summed E-state index contributed by atoms with van der Waals surface area (Å²) in [5.41, 5.74) is 0.774. The lowest BCUT2D eigenvalue weighted by atomic mass is 10.3. The van der Waals surface area contributed by atoms with E-state index in [0.717, 1.165) is 49.5 Å². The Hall–Kier alpha value is -1.21. The van der Waals surface area contributed by atoms with Gasteiger partial charge in [0.15, 0.2) is 0 Å². The predicted octanol–water partition coefficient (Wildman–Crippen LogP) is 2.40. The number of hydrogen-bond donors (Lipinski definition) is 1. The van der Waals surface area contributed by atoms with Crippen LogP contribution >= 0.6 is 22.9 Å². The van der Waals surface area contributed by atoms with Crippen molar-refractivity contribution in [3.05, 3.63) is 28.2 Å². The van der Waals surface area contributed by atoms with Crippen LogP contribution in [0.4, 0.5) is 0 Å². The van der Waals surface area contributed by atoms with E-state index < -0.39 is 0 Å². The molecule has 7 heteroatoms. The van der Waals surface area contributed by atoms with E-state index in [-0.39, 0.29) is 5.91 Å². The molecule has 1 fully saturated rings. The molecule has 2 aromatic heterocycles. The van der Waals surface area contributed by atoms with Crippen LogP contribution in [0.3, 0.4) is 0 Å². The Labute approximate surface area is 138 Å². The van der Waals surface area contributed by atoms with E-state index in [4.69, 9.17) is 16.3 Å². The standard InChI is InChI=1S/C15H18ClN3O2S/c16-11-2-4-17-12-10-13(22-14(11)12)15(20)18-3-1-5-19-6-8-21-9-7-19/h2,4,10H,1,3,5-9H2,(H,18,20). The number of fused-ring (bicyclic) bond motifs is 1. The molecule has 1 saturated heterocycles. The van der Waals surface area contributed by atoms with Gasteiger partial charge in [0, 0.05) is 25.8 Å². The highest BCUT2D eigenvalue weighted by Gasteiger charge is 2.13. The maximum atomic E-state index is 12.2. The number of aromatic nitrogens is 1. The first-order valence-corrected chi connectivity index (χ1v) is 8.56. The summed E-state index contributed by atoms with van der Waals surface area (Å²) in [6, 6.07) is 3.54. The van der Waals surface area contributed by atoms with Gasteiger partial charge in [0.25, 0.3) is 5.91 Å². The van der Waals surface area contributed by atoms with Crippen molar-refractivity contribution in [1.29, 1.82) is 0 Å². The zero-order chi connectivity index (χ0) is 15.4. The number of halogens is 1. The Kier molecular flexibility index (Phi) is 5.25. The lowest BCUT2D eigenvalue weighted by molar-refractivity contribution is 0.0374. The molecule has 0 spiro atoms. The van der Waals surface area contributed by atoms with Crippen LogP contribution in [0.2, 0.25) is 5.02 Å². The van der Waals surface area contributed by atoms with Crippen LogP contribution in [0.1, 0.15) is 16.1 Å². The Balaban J connectivity index is 1.49. The molecule has 0 unspecified atom stereocenters.